The van der Waals surface area contributed by atoms with Crippen LogP contribution in [0.2, 0.25) is 0 Å². The quantitative estimate of drug-likeness (QED) is 0.782. The fourth-order valence-corrected chi connectivity index (χ4v) is 2.86. The van der Waals surface area contributed by atoms with Gasteiger partial charge in [-0.05, 0) is 53.7 Å². The van der Waals surface area contributed by atoms with Gasteiger partial charge in [-0.1, -0.05) is 0 Å². The number of ether oxygens (including phenoxy) is 1. The van der Waals surface area contributed by atoms with Crippen LogP contribution in [0.1, 0.15) is 34.5 Å². The molecule has 1 amide bonds. The van der Waals surface area contributed by atoms with E-state index in [1.807, 2.05) is 13.0 Å². The van der Waals surface area contributed by atoms with Gasteiger partial charge < -0.3 is 10.1 Å². The van der Waals surface area contributed by atoms with Crippen LogP contribution in [-0.2, 0) is 4.74 Å². The zero-order valence-corrected chi connectivity index (χ0v) is 12.6. The number of thiophene rings is 1. The first-order valence-corrected chi connectivity index (χ1v) is 7.29. The lowest BCUT2D eigenvalue weighted by molar-refractivity contribution is 0.0956. The number of unbranched alkanes of at least 4 members (excludes halogenated alkanes) is 2. The van der Waals surface area contributed by atoms with Crippen molar-refractivity contribution < 1.29 is 9.53 Å². The summed E-state index contributed by atoms with van der Waals surface area (Å²) in [4.78, 5) is 12.5. The molecule has 0 unspecified atom stereocenters. The maximum Gasteiger partial charge on any atom is 0.261 e. The first kappa shape index (κ1) is 14.7. The molecule has 17 heavy (non-hydrogen) atoms. The minimum Gasteiger partial charge on any atom is -0.385 e. The van der Waals surface area contributed by atoms with Crippen LogP contribution < -0.4 is 5.32 Å². The van der Waals surface area contributed by atoms with E-state index < -0.39 is 0 Å². The summed E-state index contributed by atoms with van der Waals surface area (Å²) < 4.78 is 5.99. The molecular weight excluding hydrogens is 302 g/mol. The molecule has 0 saturated carbocycles. The molecule has 0 spiro atoms. The van der Waals surface area contributed by atoms with E-state index in [0.29, 0.717) is 0 Å². The number of aryl methyl sites for hydroxylation is 1. The largest absolute Gasteiger partial charge is 0.385 e. The van der Waals surface area contributed by atoms with Gasteiger partial charge in [0.15, 0.2) is 0 Å². The lowest BCUT2D eigenvalue weighted by Gasteiger charge is -2.03. The summed E-state index contributed by atoms with van der Waals surface area (Å²) in [5.41, 5.74) is 1.11. The first-order chi connectivity index (χ1) is 8.15. The Hall–Kier alpha value is -0.390. The van der Waals surface area contributed by atoms with Crippen molar-refractivity contribution in [3.63, 3.8) is 0 Å². The number of carbonyl (C=O) groups excluding carboxylic acids is 1. The highest BCUT2D eigenvalue weighted by Gasteiger charge is 2.10. The van der Waals surface area contributed by atoms with Gasteiger partial charge in [0.05, 0.1) is 8.66 Å². The fourth-order valence-electron chi connectivity index (χ4n) is 1.41. The third-order valence-electron chi connectivity index (χ3n) is 2.39. The first-order valence-electron chi connectivity index (χ1n) is 5.68. The molecule has 0 aliphatic rings. The molecule has 1 aromatic heterocycles. The summed E-state index contributed by atoms with van der Waals surface area (Å²) >= 11 is 4.90. The standard InChI is InChI=1S/C12H18BrNO2S/c1-9-8-10(17-11(9)13)12(15)14-6-4-3-5-7-16-2/h8H,3-7H2,1-2H3,(H,14,15). The Balaban J connectivity index is 2.21. The van der Waals surface area contributed by atoms with Crippen molar-refractivity contribution in [2.75, 3.05) is 20.3 Å². The number of halogens is 1. The van der Waals surface area contributed by atoms with E-state index >= 15 is 0 Å². The van der Waals surface area contributed by atoms with Gasteiger partial charge in [0, 0.05) is 20.3 Å². The molecule has 0 aromatic carbocycles. The second kappa shape index (κ2) is 7.84. The van der Waals surface area contributed by atoms with Crippen molar-refractivity contribution in [3.05, 3.63) is 20.3 Å². The van der Waals surface area contributed by atoms with Crippen molar-refractivity contribution in [2.45, 2.75) is 26.2 Å². The molecule has 0 radical (unpaired) electrons. The second-order valence-electron chi connectivity index (χ2n) is 3.88. The number of hydrogen-bond donors (Lipinski definition) is 1. The van der Waals surface area contributed by atoms with Crippen molar-refractivity contribution in [3.8, 4) is 0 Å². The Labute approximate surface area is 115 Å². The molecule has 0 aliphatic heterocycles. The Kier molecular flexibility index (Phi) is 6.77. The van der Waals surface area contributed by atoms with Crippen molar-refractivity contribution in [1.29, 1.82) is 0 Å². The number of rotatable bonds is 7. The third-order valence-corrected chi connectivity index (χ3v) is 4.53. The molecule has 1 N–H and O–H groups in total. The maximum atomic E-state index is 11.8. The predicted octanol–water partition coefficient (Wildman–Crippen LogP) is 3.37. The molecule has 1 rings (SSSR count). The maximum absolute atomic E-state index is 11.8. The second-order valence-corrected chi connectivity index (χ2v) is 6.25. The van der Waals surface area contributed by atoms with E-state index in [1.165, 1.54) is 11.3 Å². The van der Waals surface area contributed by atoms with Gasteiger partial charge in [-0.3, -0.25) is 4.79 Å². The van der Waals surface area contributed by atoms with E-state index in [0.717, 1.165) is 46.6 Å². The Morgan fingerprint density at radius 3 is 2.82 bits per heavy atom. The van der Waals surface area contributed by atoms with Gasteiger partial charge in [-0.25, -0.2) is 0 Å². The van der Waals surface area contributed by atoms with Gasteiger partial charge in [-0.2, -0.15) is 0 Å². The highest BCUT2D eigenvalue weighted by atomic mass is 79.9. The van der Waals surface area contributed by atoms with E-state index in [4.69, 9.17) is 4.74 Å². The Bertz CT molecular complexity index is 346. The van der Waals surface area contributed by atoms with Crippen LogP contribution >= 0.6 is 27.3 Å². The van der Waals surface area contributed by atoms with Gasteiger partial charge in [0.25, 0.3) is 5.91 Å². The molecule has 3 nitrogen and oxygen atoms in total. The zero-order chi connectivity index (χ0) is 12.7. The smallest absolute Gasteiger partial charge is 0.261 e. The zero-order valence-electron chi connectivity index (χ0n) is 10.2. The number of amides is 1. The van der Waals surface area contributed by atoms with E-state index in [2.05, 4.69) is 21.2 Å². The summed E-state index contributed by atoms with van der Waals surface area (Å²) in [6, 6.07) is 1.91. The van der Waals surface area contributed by atoms with Crippen molar-refractivity contribution >= 4 is 33.2 Å². The van der Waals surface area contributed by atoms with E-state index in [-0.39, 0.29) is 5.91 Å². The number of hydrogen-bond acceptors (Lipinski definition) is 3. The van der Waals surface area contributed by atoms with Gasteiger partial charge in [0.2, 0.25) is 0 Å². The minimum atomic E-state index is 0.0236. The molecule has 1 heterocycles. The predicted molar refractivity (Wildman–Crippen MR) is 74.8 cm³/mol. The highest BCUT2D eigenvalue weighted by Crippen LogP contribution is 2.27. The summed E-state index contributed by atoms with van der Waals surface area (Å²) in [5.74, 6) is 0.0236. The number of methoxy groups -OCH3 is 1. The number of carbonyl (C=O) groups is 1. The number of nitrogens with one attached hydrogen (secondary N) is 1. The minimum absolute atomic E-state index is 0.0236. The van der Waals surface area contributed by atoms with E-state index in [9.17, 15) is 4.79 Å². The van der Waals surface area contributed by atoms with Gasteiger partial charge in [0.1, 0.15) is 0 Å². The monoisotopic (exact) mass is 319 g/mol. The molecule has 96 valence electrons. The summed E-state index contributed by atoms with van der Waals surface area (Å²) in [6.45, 7) is 3.52. The Morgan fingerprint density at radius 1 is 1.47 bits per heavy atom. The molecule has 0 aliphatic carbocycles. The highest BCUT2D eigenvalue weighted by molar-refractivity contribution is 9.11. The summed E-state index contributed by atoms with van der Waals surface area (Å²) in [5, 5.41) is 2.93. The van der Waals surface area contributed by atoms with Crippen LogP contribution in [0.3, 0.4) is 0 Å². The lowest BCUT2D eigenvalue weighted by atomic mass is 10.2. The van der Waals surface area contributed by atoms with Crippen LogP contribution in [-0.4, -0.2) is 26.2 Å². The topological polar surface area (TPSA) is 38.3 Å². The average Bonchev–Trinajstić information content (AvgIpc) is 2.64. The molecule has 5 heteroatoms. The average molecular weight is 320 g/mol. The Morgan fingerprint density at radius 2 is 2.24 bits per heavy atom. The van der Waals surface area contributed by atoms with Crippen LogP contribution in [0.5, 0.6) is 0 Å². The SMILES string of the molecule is COCCCCCNC(=O)c1cc(C)c(Br)s1. The van der Waals surface area contributed by atoms with Gasteiger partial charge in [-0.15, -0.1) is 11.3 Å². The molecular formula is C12H18BrNO2S. The van der Waals surface area contributed by atoms with Crippen molar-refractivity contribution in [2.24, 2.45) is 0 Å². The third kappa shape index (κ3) is 5.19. The van der Waals surface area contributed by atoms with Crippen LogP contribution in [0.15, 0.2) is 9.85 Å². The van der Waals surface area contributed by atoms with Crippen LogP contribution in [0.4, 0.5) is 0 Å². The van der Waals surface area contributed by atoms with Gasteiger partial charge >= 0.3 is 0 Å². The molecule has 0 fully saturated rings. The fraction of sp³-hybridized carbons (Fsp3) is 0.583. The molecule has 0 saturated heterocycles. The molecule has 0 atom stereocenters. The van der Waals surface area contributed by atoms with E-state index in [1.54, 1.807) is 7.11 Å². The normalized spacial score (nSPS) is 10.5. The molecule has 1 aromatic rings. The summed E-state index contributed by atoms with van der Waals surface area (Å²) in [7, 11) is 1.71. The summed E-state index contributed by atoms with van der Waals surface area (Å²) in [6.07, 6.45) is 3.14. The lowest BCUT2D eigenvalue weighted by Crippen LogP contribution is -2.23. The molecule has 0 bridgehead atoms. The van der Waals surface area contributed by atoms with Crippen LogP contribution in [0, 0.1) is 6.92 Å². The van der Waals surface area contributed by atoms with Crippen LogP contribution in [0.25, 0.3) is 0 Å². The van der Waals surface area contributed by atoms with Crippen molar-refractivity contribution in [1.82, 2.24) is 5.32 Å².